The molecule has 0 spiro atoms. The van der Waals surface area contributed by atoms with E-state index in [9.17, 15) is 22.8 Å². The Balaban J connectivity index is 1.38. The molecule has 0 unspecified atom stereocenters. The molecule has 1 saturated heterocycles. The van der Waals surface area contributed by atoms with Crippen LogP contribution < -0.4 is 10.6 Å². The Kier molecular flexibility index (Phi) is 7.27. The minimum Gasteiger partial charge on any atom is -0.379 e. The van der Waals surface area contributed by atoms with Gasteiger partial charge < -0.3 is 15.4 Å². The zero-order valence-corrected chi connectivity index (χ0v) is 19.9. The summed E-state index contributed by atoms with van der Waals surface area (Å²) < 4.78 is 44.6. The highest BCUT2D eigenvalue weighted by atomic mass is 19.4. The second-order valence-electron chi connectivity index (χ2n) is 9.17. The molecule has 0 radical (unpaired) electrons. The van der Waals surface area contributed by atoms with E-state index in [1.54, 1.807) is 0 Å². The third-order valence-corrected chi connectivity index (χ3v) is 5.96. The molecule has 1 aromatic carbocycles. The molecule has 1 fully saturated rings. The van der Waals surface area contributed by atoms with E-state index >= 15 is 0 Å². The van der Waals surface area contributed by atoms with Gasteiger partial charge in [-0.2, -0.15) is 18.3 Å². The Morgan fingerprint density at radius 2 is 1.89 bits per heavy atom. The number of alkyl halides is 3. The number of rotatable bonds is 7. The molecule has 192 valence electrons. The van der Waals surface area contributed by atoms with Crippen molar-refractivity contribution in [2.24, 2.45) is 0 Å². The second-order valence-corrected chi connectivity index (χ2v) is 9.17. The predicted octanol–water partition coefficient (Wildman–Crippen LogP) is 3.04. The lowest BCUT2D eigenvalue weighted by Crippen LogP contribution is -2.54. The third-order valence-electron chi connectivity index (χ3n) is 5.96. The number of nitrogens with zero attached hydrogens (tertiary/aromatic N) is 3. The minimum atomic E-state index is -4.63. The fourth-order valence-electron chi connectivity index (χ4n) is 3.77. The first-order valence-electron chi connectivity index (χ1n) is 11.4. The van der Waals surface area contributed by atoms with Crippen molar-refractivity contribution >= 4 is 28.4 Å². The Morgan fingerprint density at radius 1 is 1.14 bits per heavy atom. The lowest BCUT2D eigenvalue weighted by molar-refractivity contribution is -0.182. The summed E-state index contributed by atoms with van der Waals surface area (Å²) in [5.74, 6) is -1.35. The molecular formula is C24H27F3N6O3. The van der Waals surface area contributed by atoms with Gasteiger partial charge in [0.05, 0.1) is 30.8 Å². The number of hydrogen-bond acceptors (Lipinski definition) is 6. The maximum atomic E-state index is 13.1. The number of benzene rings is 1. The summed E-state index contributed by atoms with van der Waals surface area (Å²) in [6, 6.07) is 8.30. The number of aromatic nitrogens is 3. The number of aromatic amines is 1. The summed E-state index contributed by atoms with van der Waals surface area (Å²) >= 11 is 0. The van der Waals surface area contributed by atoms with E-state index in [0.717, 1.165) is 55.6 Å². The van der Waals surface area contributed by atoms with Gasteiger partial charge in [0, 0.05) is 36.9 Å². The smallest absolute Gasteiger partial charge is 0.379 e. The Morgan fingerprint density at radius 3 is 2.61 bits per heavy atom. The molecule has 2 aromatic heterocycles. The number of ether oxygens (including phenoxy) is 1. The zero-order chi connectivity index (χ0) is 25.9. The van der Waals surface area contributed by atoms with Crippen LogP contribution in [0.25, 0.3) is 10.9 Å². The van der Waals surface area contributed by atoms with Gasteiger partial charge in [-0.25, -0.2) is 0 Å². The van der Waals surface area contributed by atoms with Crippen molar-refractivity contribution < 1.29 is 27.5 Å². The highest BCUT2D eigenvalue weighted by molar-refractivity contribution is 5.96. The normalized spacial score (nSPS) is 15.1. The molecule has 0 bridgehead atoms. The SMILES string of the molecule is CC(C)(NC(=O)c1cc(NC(=O)Cc2ccc3c(CN4CCOCC4)[nH]nc3c2)ccn1)C(F)(F)F. The lowest BCUT2D eigenvalue weighted by Gasteiger charge is -2.28. The standard InChI is InChI=1S/C24H27F3N6O3/c1-23(2,24(25,26)27)30-22(35)19-13-16(5-6-28-19)29-21(34)12-15-3-4-17-18(11-15)31-32-20(17)14-33-7-9-36-10-8-33/h3-6,11,13H,7-10,12,14H2,1-2H3,(H,30,35)(H,31,32)(H,28,29,34). The quantitative estimate of drug-likeness (QED) is 0.456. The van der Waals surface area contributed by atoms with Crippen LogP contribution in [0.5, 0.6) is 0 Å². The lowest BCUT2D eigenvalue weighted by atomic mass is 10.0. The summed E-state index contributed by atoms with van der Waals surface area (Å²) in [4.78, 5) is 31.0. The first-order chi connectivity index (χ1) is 17.0. The number of carbonyl (C=O) groups excluding carboxylic acids is 2. The molecule has 1 aliphatic rings. The van der Waals surface area contributed by atoms with Crippen molar-refractivity contribution in [3.63, 3.8) is 0 Å². The number of carbonyl (C=O) groups is 2. The molecule has 0 aliphatic carbocycles. The molecule has 9 nitrogen and oxygen atoms in total. The van der Waals surface area contributed by atoms with Crippen molar-refractivity contribution in [3.8, 4) is 0 Å². The van der Waals surface area contributed by atoms with Crippen LogP contribution in [0.4, 0.5) is 18.9 Å². The van der Waals surface area contributed by atoms with E-state index in [4.69, 9.17) is 4.74 Å². The van der Waals surface area contributed by atoms with Crippen molar-refractivity contribution in [2.45, 2.75) is 38.5 Å². The van der Waals surface area contributed by atoms with Crippen LogP contribution in [0.3, 0.4) is 0 Å². The monoisotopic (exact) mass is 504 g/mol. The summed E-state index contributed by atoms with van der Waals surface area (Å²) in [5, 5.41) is 13.0. The van der Waals surface area contributed by atoms with Crippen LogP contribution >= 0.6 is 0 Å². The van der Waals surface area contributed by atoms with Crippen LogP contribution in [0.1, 0.15) is 35.6 Å². The topological polar surface area (TPSA) is 112 Å². The van der Waals surface area contributed by atoms with Gasteiger partial charge in [0.15, 0.2) is 0 Å². The van der Waals surface area contributed by atoms with Crippen LogP contribution in [0.15, 0.2) is 36.5 Å². The third kappa shape index (κ3) is 6.00. The molecule has 3 N–H and O–H groups in total. The molecule has 0 saturated carbocycles. The van der Waals surface area contributed by atoms with Gasteiger partial charge >= 0.3 is 6.18 Å². The van der Waals surface area contributed by atoms with Crippen molar-refractivity contribution in [1.82, 2.24) is 25.4 Å². The van der Waals surface area contributed by atoms with Gasteiger partial charge in [-0.1, -0.05) is 12.1 Å². The first kappa shape index (κ1) is 25.6. The fourth-order valence-corrected chi connectivity index (χ4v) is 3.77. The summed E-state index contributed by atoms with van der Waals surface area (Å²) in [6.45, 7) is 5.59. The van der Waals surface area contributed by atoms with Crippen LogP contribution in [0.2, 0.25) is 0 Å². The highest BCUT2D eigenvalue weighted by Gasteiger charge is 2.48. The number of halogens is 3. The average molecular weight is 505 g/mol. The van der Waals surface area contributed by atoms with E-state index in [2.05, 4.69) is 25.4 Å². The van der Waals surface area contributed by atoms with Gasteiger partial charge in [0.1, 0.15) is 11.2 Å². The fraction of sp³-hybridized carbons (Fsp3) is 0.417. The van der Waals surface area contributed by atoms with Crippen molar-refractivity contribution in [2.75, 3.05) is 31.6 Å². The molecule has 2 amide bonds. The molecule has 3 aromatic rings. The second kappa shape index (κ2) is 10.2. The Bertz CT molecular complexity index is 1250. The largest absolute Gasteiger partial charge is 0.410 e. The van der Waals surface area contributed by atoms with Crippen LogP contribution in [-0.2, 0) is 22.5 Å². The number of nitrogens with one attached hydrogen (secondary N) is 3. The number of amides is 2. The van der Waals surface area contributed by atoms with Gasteiger partial charge in [0.25, 0.3) is 5.91 Å². The molecule has 0 atom stereocenters. The molecule has 12 heteroatoms. The number of H-pyrrole nitrogens is 1. The van der Waals surface area contributed by atoms with Gasteiger partial charge in [0.2, 0.25) is 5.91 Å². The number of anilines is 1. The summed E-state index contributed by atoms with van der Waals surface area (Å²) in [6.07, 6.45) is -3.34. The molecular weight excluding hydrogens is 477 g/mol. The van der Waals surface area contributed by atoms with Crippen molar-refractivity contribution in [1.29, 1.82) is 0 Å². The van der Waals surface area contributed by atoms with Gasteiger partial charge in [-0.05, 0) is 37.6 Å². The van der Waals surface area contributed by atoms with E-state index < -0.39 is 17.6 Å². The average Bonchev–Trinajstić information content (AvgIpc) is 3.20. The highest BCUT2D eigenvalue weighted by Crippen LogP contribution is 2.29. The van der Waals surface area contributed by atoms with E-state index in [-0.39, 0.29) is 23.7 Å². The number of pyridine rings is 1. The molecule has 1 aliphatic heterocycles. The van der Waals surface area contributed by atoms with Crippen LogP contribution in [0, 0.1) is 0 Å². The first-order valence-corrected chi connectivity index (χ1v) is 11.4. The zero-order valence-electron chi connectivity index (χ0n) is 19.9. The van der Waals surface area contributed by atoms with E-state index in [1.807, 2.05) is 23.5 Å². The predicted molar refractivity (Wildman–Crippen MR) is 126 cm³/mol. The molecule has 4 rings (SSSR count). The molecule has 36 heavy (non-hydrogen) atoms. The number of morpholine rings is 1. The maximum Gasteiger partial charge on any atom is 0.410 e. The van der Waals surface area contributed by atoms with Gasteiger partial charge in [-0.15, -0.1) is 0 Å². The van der Waals surface area contributed by atoms with E-state index in [1.165, 1.54) is 18.3 Å². The van der Waals surface area contributed by atoms with Crippen LogP contribution in [-0.4, -0.2) is 69.9 Å². The van der Waals surface area contributed by atoms with E-state index in [0.29, 0.717) is 13.2 Å². The van der Waals surface area contributed by atoms with Crippen molar-refractivity contribution in [3.05, 3.63) is 53.5 Å². The maximum absolute atomic E-state index is 13.1. The Hall–Kier alpha value is -3.51. The number of hydrogen-bond donors (Lipinski definition) is 3. The summed E-state index contributed by atoms with van der Waals surface area (Å²) in [5.41, 5.74) is 0.0635. The molecule has 3 heterocycles. The summed E-state index contributed by atoms with van der Waals surface area (Å²) in [7, 11) is 0. The minimum absolute atomic E-state index is 0.0482. The number of fused-ring (bicyclic) bond motifs is 1. The Labute approximate surface area is 205 Å². The van der Waals surface area contributed by atoms with Gasteiger partial charge in [-0.3, -0.25) is 24.6 Å².